The van der Waals surface area contributed by atoms with Crippen LogP contribution in [0.1, 0.15) is 41.6 Å². The Bertz CT molecular complexity index is 1090. The van der Waals surface area contributed by atoms with Gasteiger partial charge in [-0.2, -0.15) is 0 Å². The number of hydrogen-bond acceptors (Lipinski definition) is 5. The maximum atomic E-state index is 13.1. The summed E-state index contributed by atoms with van der Waals surface area (Å²) in [5, 5.41) is 0.988. The number of benzene rings is 1. The number of nitrogens with zero attached hydrogens (tertiary/aromatic N) is 3. The minimum absolute atomic E-state index is 0.0770. The van der Waals surface area contributed by atoms with Crippen molar-refractivity contribution in [3.8, 4) is 5.88 Å². The summed E-state index contributed by atoms with van der Waals surface area (Å²) in [4.78, 5) is 23.7. The van der Waals surface area contributed by atoms with Crippen molar-refractivity contribution in [2.75, 3.05) is 19.7 Å². The minimum atomic E-state index is -0.211. The highest BCUT2D eigenvalue weighted by atomic mass is 16.5. The monoisotopic (exact) mass is 417 g/mol. The second-order valence-corrected chi connectivity index (χ2v) is 8.64. The third-order valence-electron chi connectivity index (χ3n) is 6.44. The Morgan fingerprint density at radius 3 is 2.84 bits per heavy atom. The van der Waals surface area contributed by atoms with E-state index in [-0.39, 0.29) is 17.6 Å². The number of amides is 1. The van der Waals surface area contributed by atoms with Gasteiger partial charge < -0.3 is 14.4 Å². The summed E-state index contributed by atoms with van der Waals surface area (Å²) in [5.74, 6) is 0.758. The van der Waals surface area contributed by atoms with Gasteiger partial charge in [0, 0.05) is 55.3 Å². The number of likely N-dealkylation sites (tertiary alicyclic amines) is 1. The van der Waals surface area contributed by atoms with Gasteiger partial charge in [-0.25, -0.2) is 4.98 Å². The van der Waals surface area contributed by atoms with Gasteiger partial charge in [-0.05, 0) is 55.7 Å². The van der Waals surface area contributed by atoms with Crippen LogP contribution >= 0.6 is 0 Å². The molecule has 0 bridgehead atoms. The molecule has 2 aromatic heterocycles. The normalized spacial score (nSPS) is 20.7. The molecule has 2 fully saturated rings. The maximum Gasteiger partial charge on any atom is 0.253 e. The number of fused-ring (bicyclic) bond motifs is 1. The van der Waals surface area contributed by atoms with Crippen LogP contribution in [-0.2, 0) is 4.74 Å². The Morgan fingerprint density at radius 1 is 1.13 bits per heavy atom. The summed E-state index contributed by atoms with van der Waals surface area (Å²) in [7, 11) is 0. The first-order chi connectivity index (χ1) is 15.1. The number of piperidine rings is 1. The molecule has 1 spiro atoms. The van der Waals surface area contributed by atoms with E-state index >= 15 is 0 Å². The van der Waals surface area contributed by atoms with Gasteiger partial charge in [-0.15, -0.1) is 0 Å². The molecule has 0 radical (unpaired) electrons. The lowest BCUT2D eigenvalue weighted by molar-refractivity contribution is -0.135. The summed E-state index contributed by atoms with van der Waals surface area (Å²) in [6.07, 6.45) is 7.01. The summed E-state index contributed by atoms with van der Waals surface area (Å²) >= 11 is 0. The fourth-order valence-corrected chi connectivity index (χ4v) is 4.68. The molecule has 31 heavy (non-hydrogen) atoms. The average molecular weight is 418 g/mol. The fraction of sp³-hybridized carbons (Fsp3) is 0.400. The van der Waals surface area contributed by atoms with Crippen LogP contribution in [0, 0.1) is 6.92 Å². The zero-order valence-electron chi connectivity index (χ0n) is 17.8. The second kappa shape index (κ2) is 8.27. The molecule has 3 aromatic rings. The summed E-state index contributed by atoms with van der Waals surface area (Å²) in [5.41, 5.74) is 2.55. The van der Waals surface area contributed by atoms with Crippen molar-refractivity contribution >= 4 is 16.8 Å². The van der Waals surface area contributed by atoms with E-state index in [2.05, 4.69) is 9.97 Å². The predicted molar refractivity (Wildman–Crippen MR) is 118 cm³/mol. The van der Waals surface area contributed by atoms with Crippen molar-refractivity contribution in [2.45, 2.75) is 44.3 Å². The molecule has 4 heterocycles. The first kappa shape index (κ1) is 19.9. The first-order valence-corrected chi connectivity index (χ1v) is 11.0. The Kier molecular flexibility index (Phi) is 5.32. The standard InChI is InChI=1S/C25H27N3O3/c1-18-6-11-27-23(15-18)31-21-7-14-30-25(17-21)8-12-28(13-9-25)24(29)20-4-5-22-19(16-20)3-2-10-26-22/h2-6,10-11,15-16,21H,7-9,12-14,17H2,1H3. The van der Waals surface area contributed by atoms with Crippen molar-refractivity contribution in [3.05, 3.63) is 66.0 Å². The number of carbonyl (C=O) groups excluding carboxylic acids is 1. The minimum Gasteiger partial charge on any atom is -0.474 e. The summed E-state index contributed by atoms with van der Waals surface area (Å²) in [6, 6.07) is 13.6. The van der Waals surface area contributed by atoms with Crippen LogP contribution < -0.4 is 4.74 Å². The van der Waals surface area contributed by atoms with Crippen molar-refractivity contribution in [3.63, 3.8) is 0 Å². The smallest absolute Gasteiger partial charge is 0.253 e. The van der Waals surface area contributed by atoms with Crippen molar-refractivity contribution in [1.29, 1.82) is 0 Å². The van der Waals surface area contributed by atoms with E-state index in [4.69, 9.17) is 9.47 Å². The molecule has 1 amide bonds. The SMILES string of the molecule is Cc1ccnc(OC2CCOC3(CCN(C(=O)c4ccc5ncccc5c4)CC3)C2)c1. The van der Waals surface area contributed by atoms with Crippen molar-refractivity contribution in [1.82, 2.24) is 14.9 Å². The summed E-state index contributed by atoms with van der Waals surface area (Å²) < 4.78 is 12.4. The molecule has 1 unspecified atom stereocenters. The average Bonchev–Trinajstić information content (AvgIpc) is 2.79. The van der Waals surface area contributed by atoms with Gasteiger partial charge in [-0.3, -0.25) is 9.78 Å². The summed E-state index contributed by atoms with van der Waals surface area (Å²) in [6.45, 7) is 4.11. The van der Waals surface area contributed by atoms with E-state index in [0.717, 1.165) is 42.1 Å². The molecule has 160 valence electrons. The molecule has 2 aliphatic rings. The molecule has 1 aromatic carbocycles. The first-order valence-electron chi connectivity index (χ1n) is 11.0. The predicted octanol–water partition coefficient (Wildman–Crippen LogP) is 4.17. The molecule has 2 aliphatic heterocycles. The van der Waals surface area contributed by atoms with Gasteiger partial charge in [0.05, 0.1) is 17.7 Å². The zero-order valence-corrected chi connectivity index (χ0v) is 17.8. The lowest BCUT2D eigenvalue weighted by Gasteiger charge is -2.45. The van der Waals surface area contributed by atoms with Gasteiger partial charge in [0.15, 0.2) is 0 Å². The van der Waals surface area contributed by atoms with Gasteiger partial charge in [0.2, 0.25) is 5.88 Å². The number of ether oxygens (including phenoxy) is 2. The van der Waals surface area contributed by atoms with Gasteiger partial charge in [0.25, 0.3) is 5.91 Å². The lowest BCUT2D eigenvalue weighted by atomic mass is 9.83. The molecular formula is C25H27N3O3. The number of rotatable bonds is 3. The van der Waals surface area contributed by atoms with E-state index in [1.807, 2.05) is 54.3 Å². The Hall–Kier alpha value is -2.99. The molecule has 0 saturated carbocycles. The van der Waals surface area contributed by atoms with Crippen molar-refractivity contribution < 1.29 is 14.3 Å². The van der Waals surface area contributed by atoms with Crippen LogP contribution in [0.25, 0.3) is 10.9 Å². The number of aryl methyl sites for hydroxylation is 1. The molecule has 0 aliphatic carbocycles. The number of aromatic nitrogens is 2. The van der Waals surface area contributed by atoms with Crippen LogP contribution in [0.4, 0.5) is 0 Å². The molecule has 2 saturated heterocycles. The molecule has 6 nitrogen and oxygen atoms in total. The van der Waals surface area contributed by atoms with Crippen LogP contribution in [0.5, 0.6) is 5.88 Å². The molecule has 5 rings (SSSR count). The molecule has 6 heteroatoms. The van der Waals surface area contributed by atoms with E-state index in [0.29, 0.717) is 31.1 Å². The molecule has 1 atom stereocenters. The highest BCUT2D eigenvalue weighted by Gasteiger charge is 2.42. The Labute approximate surface area is 182 Å². The quantitative estimate of drug-likeness (QED) is 0.640. The van der Waals surface area contributed by atoms with E-state index in [1.165, 1.54) is 0 Å². The number of pyridine rings is 2. The highest BCUT2D eigenvalue weighted by molar-refractivity contribution is 5.98. The van der Waals surface area contributed by atoms with E-state index in [1.54, 1.807) is 12.4 Å². The van der Waals surface area contributed by atoms with Crippen LogP contribution in [0.3, 0.4) is 0 Å². The Morgan fingerprint density at radius 2 is 2.00 bits per heavy atom. The number of carbonyl (C=O) groups is 1. The van der Waals surface area contributed by atoms with E-state index in [9.17, 15) is 4.79 Å². The van der Waals surface area contributed by atoms with Crippen molar-refractivity contribution in [2.24, 2.45) is 0 Å². The van der Waals surface area contributed by atoms with Gasteiger partial charge >= 0.3 is 0 Å². The number of hydrogen-bond donors (Lipinski definition) is 0. The van der Waals surface area contributed by atoms with Gasteiger partial charge in [-0.1, -0.05) is 6.07 Å². The van der Waals surface area contributed by atoms with E-state index < -0.39 is 0 Å². The van der Waals surface area contributed by atoms with Crippen LogP contribution in [0.15, 0.2) is 54.9 Å². The molecule has 0 N–H and O–H groups in total. The Balaban J connectivity index is 1.23. The largest absolute Gasteiger partial charge is 0.474 e. The lowest BCUT2D eigenvalue weighted by Crippen LogP contribution is -2.52. The molecular weight excluding hydrogens is 390 g/mol. The fourth-order valence-electron chi connectivity index (χ4n) is 4.68. The highest BCUT2D eigenvalue weighted by Crippen LogP contribution is 2.36. The van der Waals surface area contributed by atoms with Gasteiger partial charge in [0.1, 0.15) is 6.10 Å². The third-order valence-corrected chi connectivity index (χ3v) is 6.44. The van der Waals surface area contributed by atoms with Crippen LogP contribution in [-0.4, -0.2) is 52.2 Å². The topological polar surface area (TPSA) is 64.6 Å². The second-order valence-electron chi connectivity index (χ2n) is 8.64. The third kappa shape index (κ3) is 4.26. The zero-order chi connectivity index (χ0) is 21.3. The maximum absolute atomic E-state index is 13.1. The van der Waals surface area contributed by atoms with Crippen LogP contribution in [0.2, 0.25) is 0 Å².